The van der Waals surface area contributed by atoms with Gasteiger partial charge < -0.3 is 4.90 Å². The zero-order valence-electron chi connectivity index (χ0n) is 16.1. The molecular weight excluding hydrogens is 322 g/mol. The molecule has 0 aliphatic carbocycles. The lowest BCUT2D eigenvalue weighted by atomic mass is 10.0. The third kappa shape index (κ3) is 19.9. The third-order valence-corrected chi connectivity index (χ3v) is 5.39. The van der Waals surface area contributed by atoms with Gasteiger partial charge in [-0.1, -0.05) is 84.0 Å². The van der Waals surface area contributed by atoms with E-state index in [0.717, 1.165) is 13.1 Å². The van der Waals surface area contributed by atoms with Crippen LogP contribution in [-0.2, 0) is 10.1 Å². The average Bonchev–Trinajstić information content (AvgIpc) is 2.50. The normalized spacial score (nSPS) is 12.2. The molecule has 5 heteroatoms. The zero-order chi connectivity index (χ0) is 18.1. The van der Waals surface area contributed by atoms with E-state index in [9.17, 15) is 8.42 Å². The van der Waals surface area contributed by atoms with E-state index in [-0.39, 0.29) is 5.75 Å². The molecule has 0 aliphatic heterocycles. The second-order valence-corrected chi connectivity index (χ2v) is 8.76. The Bertz CT molecular complexity index is 358. The number of hydrogen-bond acceptors (Lipinski definition) is 3. The maximum Gasteiger partial charge on any atom is 0.264 e. The van der Waals surface area contributed by atoms with Crippen molar-refractivity contribution in [1.29, 1.82) is 0 Å². The Morgan fingerprint density at radius 3 is 1.46 bits per heavy atom. The van der Waals surface area contributed by atoms with Gasteiger partial charge in [-0.15, -0.1) is 0 Å². The van der Waals surface area contributed by atoms with Gasteiger partial charge in [-0.3, -0.25) is 4.55 Å². The molecule has 0 aliphatic rings. The van der Waals surface area contributed by atoms with Crippen molar-refractivity contribution >= 4 is 10.1 Å². The van der Waals surface area contributed by atoms with Gasteiger partial charge in [0, 0.05) is 0 Å². The molecule has 0 atom stereocenters. The van der Waals surface area contributed by atoms with E-state index in [0.29, 0.717) is 6.42 Å². The van der Waals surface area contributed by atoms with Crippen molar-refractivity contribution in [2.45, 2.75) is 96.8 Å². The first-order valence-electron chi connectivity index (χ1n) is 10.1. The van der Waals surface area contributed by atoms with Gasteiger partial charge in [0.1, 0.15) is 0 Å². The average molecular weight is 364 g/mol. The molecule has 0 aromatic heterocycles. The summed E-state index contributed by atoms with van der Waals surface area (Å²) < 4.78 is 30.0. The quantitative estimate of drug-likeness (QED) is 0.266. The van der Waals surface area contributed by atoms with E-state index in [1.54, 1.807) is 0 Å². The van der Waals surface area contributed by atoms with Crippen LogP contribution in [0.25, 0.3) is 0 Å². The second-order valence-electron chi connectivity index (χ2n) is 7.19. The molecule has 0 bridgehead atoms. The van der Waals surface area contributed by atoms with E-state index in [4.69, 9.17) is 4.55 Å². The van der Waals surface area contributed by atoms with E-state index in [2.05, 4.69) is 11.8 Å². The summed E-state index contributed by atoms with van der Waals surface area (Å²) >= 11 is 0. The summed E-state index contributed by atoms with van der Waals surface area (Å²) in [5, 5.41) is 0. The largest absolute Gasteiger partial charge is 0.306 e. The number of rotatable bonds is 18. The molecule has 0 amide bonds. The maximum absolute atomic E-state index is 10.6. The van der Waals surface area contributed by atoms with Crippen LogP contribution >= 0.6 is 0 Å². The smallest absolute Gasteiger partial charge is 0.264 e. The fraction of sp³-hybridized carbons (Fsp3) is 1.00. The van der Waals surface area contributed by atoms with Gasteiger partial charge in [0.2, 0.25) is 0 Å². The van der Waals surface area contributed by atoms with Gasteiger partial charge in [0.25, 0.3) is 10.1 Å². The van der Waals surface area contributed by atoms with Crippen molar-refractivity contribution in [3.05, 3.63) is 0 Å². The molecule has 0 rings (SSSR count). The van der Waals surface area contributed by atoms with Crippen LogP contribution in [0, 0.1) is 0 Å². The Hall–Kier alpha value is -0.130. The van der Waals surface area contributed by atoms with E-state index in [1.165, 1.54) is 83.5 Å². The first-order chi connectivity index (χ1) is 11.5. The highest BCUT2D eigenvalue weighted by atomic mass is 32.2. The van der Waals surface area contributed by atoms with Crippen LogP contribution in [0.4, 0.5) is 0 Å². The molecule has 0 fully saturated rings. The topological polar surface area (TPSA) is 57.6 Å². The second kappa shape index (κ2) is 16.3. The van der Waals surface area contributed by atoms with Crippen LogP contribution < -0.4 is 0 Å². The summed E-state index contributed by atoms with van der Waals surface area (Å²) in [6.45, 7) is 4.02. The van der Waals surface area contributed by atoms with Gasteiger partial charge in [-0.05, 0) is 33.0 Å². The van der Waals surface area contributed by atoms with Gasteiger partial charge in [-0.25, -0.2) is 0 Å². The van der Waals surface area contributed by atoms with Crippen molar-refractivity contribution in [3.63, 3.8) is 0 Å². The minimum Gasteiger partial charge on any atom is -0.306 e. The molecule has 0 radical (unpaired) electrons. The molecule has 146 valence electrons. The Balaban J connectivity index is 3.19. The fourth-order valence-corrected chi connectivity index (χ4v) is 3.52. The van der Waals surface area contributed by atoms with Crippen LogP contribution in [0.15, 0.2) is 0 Å². The lowest BCUT2D eigenvalue weighted by Gasteiger charge is -2.15. The molecule has 0 heterocycles. The summed E-state index contributed by atoms with van der Waals surface area (Å²) in [5.41, 5.74) is 0. The summed E-state index contributed by atoms with van der Waals surface area (Å²) in [4.78, 5) is 2.16. The van der Waals surface area contributed by atoms with Crippen molar-refractivity contribution in [1.82, 2.24) is 4.90 Å². The van der Waals surface area contributed by atoms with Crippen LogP contribution in [0.3, 0.4) is 0 Å². The van der Waals surface area contributed by atoms with Crippen molar-refractivity contribution in [2.75, 3.05) is 25.9 Å². The third-order valence-electron chi connectivity index (χ3n) is 4.59. The fourth-order valence-electron chi connectivity index (χ4n) is 3.03. The molecule has 0 aromatic rings. The summed E-state index contributed by atoms with van der Waals surface area (Å²) in [5.74, 6) is -0.129. The van der Waals surface area contributed by atoms with Crippen molar-refractivity contribution in [2.24, 2.45) is 0 Å². The number of nitrogens with zero attached hydrogens (tertiary/aromatic N) is 1. The highest BCUT2D eigenvalue weighted by molar-refractivity contribution is 7.85. The summed E-state index contributed by atoms with van der Waals surface area (Å²) in [6.07, 6.45) is 18.2. The van der Waals surface area contributed by atoms with Gasteiger partial charge in [0.15, 0.2) is 0 Å². The Labute approximate surface area is 151 Å². The standard InChI is InChI=1S/C19H41NO3S/c1-3-4-5-6-7-8-9-10-11-12-13-14-15-17-20(2)18-16-19-24(21,22)23/h3-19H2,1-2H3,(H,21,22,23). The molecule has 4 nitrogen and oxygen atoms in total. The van der Waals surface area contributed by atoms with E-state index in [1.807, 2.05) is 7.05 Å². The molecule has 0 spiro atoms. The Kier molecular flexibility index (Phi) is 16.3. The first-order valence-corrected chi connectivity index (χ1v) is 11.7. The lowest BCUT2D eigenvalue weighted by Crippen LogP contribution is -2.22. The van der Waals surface area contributed by atoms with Crippen molar-refractivity contribution in [3.8, 4) is 0 Å². The van der Waals surface area contributed by atoms with Gasteiger partial charge in [-0.2, -0.15) is 8.42 Å². The van der Waals surface area contributed by atoms with Crippen LogP contribution in [0.2, 0.25) is 0 Å². The first kappa shape index (κ1) is 23.9. The minimum absolute atomic E-state index is 0.129. The molecule has 0 saturated carbocycles. The molecule has 24 heavy (non-hydrogen) atoms. The van der Waals surface area contributed by atoms with Gasteiger partial charge >= 0.3 is 0 Å². The molecular formula is C19H41NO3S. The predicted octanol–water partition coefficient (Wildman–Crippen LogP) is 5.29. The van der Waals surface area contributed by atoms with Gasteiger partial charge in [0.05, 0.1) is 5.75 Å². The van der Waals surface area contributed by atoms with E-state index < -0.39 is 10.1 Å². The van der Waals surface area contributed by atoms with Crippen LogP contribution in [0.1, 0.15) is 96.8 Å². The number of hydrogen-bond donors (Lipinski definition) is 1. The highest BCUT2D eigenvalue weighted by Gasteiger charge is 2.05. The minimum atomic E-state index is -3.79. The van der Waals surface area contributed by atoms with Crippen LogP contribution in [0.5, 0.6) is 0 Å². The predicted molar refractivity (Wildman–Crippen MR) is 104 cm³/mol. The summed E-state index contributed by atoms with van der Waals surface area (Å²) in [7, 11) is -1.78. The highest BCUT2D eigenvalue weighted by Crippen LogP contribution is 2.12. The monoisotopic (exact) mass is 363 g/mol. The van der Waals surface area contributed by atoms with Crippen molar-refractivity contribution < 1.29 is 13.0 Å². The number of unbranched alkanes of at least 4 members (excludes halogenated alkanes) is 12. The molecule has 0 aromatic carbocycles. The van der Waals surface area contributed by atoms with E-state index >= 15 is 0 Å². The molecule has 0 unspecified atom stereocenters. The van der Waals surface area contributed by atoms with Crippen LogP contribution in [-0.4, -0.2) is 43.8 Å². The molecule has 0 saturated heterocycles. The Morgan fingerprint density at radius 2 is 1.04 bits per heavy atom. The zero-order valence-corrected chi connectivity index (χ0v) is 17.0. The lowest BCUT2D eigenvalue weighted by molar-refractivity contribution is 0.323. The maximum atomic E-state index is 10.6. The summed E-state index contributed by atoms with van der Waals surface area (Å²) in [6, 6.07) is 0. The SMILES string of the molecule is CCCCCCCCCCCCCCCN(C)CCCS(=O)(=O)O. The Morgan fingerprint density at radius 1 is 0.667 bits per heavy atom. The molecule has 1 N–H and O–H groups in total.